The number of hydrogen-bond acceptors (Lipinski definition) is 5. The maximum atomic E-state index is 12.8. The van der Waals surface area contributed by atoms with Crippen LogP contribution in [0.4, 0.5) is 0 Å². The van der Waals surface area contributed by atoms with Crippen LogP contribution in [0.3, 0.4) is 0 Å². The van der Waals surface area contributed by atoms with E-state index in [-0.39, 0.29) is 18.0 Å². The number of hydrogen-bond donors (Lipinski definition) is 2. The first kappa shape index (κ1) is 22.1. The van der Waals surface area contributed by atoms with Gasteiger partial charge in [-0.25, -0.2) is 4.79 Å². The normalized spacial score (nSPS) is 13.2. The van der Waals surface area contributed by atoms with Gasteiger partial charge in [-0.1, -0.05) is 36.4 Å². The van der Waals surface area contributed by atoms with Gasteiger partial charge in [-0.3, -0.25) is 4.55 Å². The van der Waals surface area contributed by atoms with Crippen LogP contribution in [0.5, 0.6) is 0 Å². The standard InChI is InChI=1S/C21H27NO5S/c1-14-10-11-18(28(24,25)26)19(20(23)27-21(2,3)4)17(14)13-16(22)12-15-8-6-5-7-9-15/h5-11,16H,12-13,22H2,1-4H3,(H,24,25,26)/t16-/m0/s1. The Kier molecular flexibility index (Phi) is 6.64. The van der Waals surface area contributed by atoms with Crippen LogP contribution in [0, 0.1) is 6.92 Å². The molecule has 0 aliphatic heterocycles. The lowest BCUT2D eigenvalue weighted by Crippen LogP contribution is -2.30. The van der Waals surface area contributed by atoms with Crippen molar-refractivity contribution in [2.45, 2.75) is 57.1 Å². The van der Waals surface area contributed by atoms with E-state index in [1.807, 2.05) is 30.3 Å². The van der Waals surface area contributed by atoms with Crippen molar-refractivity contribution in [2.75, 3.05) is 0 Å². The zero-order valence-corrected chi connectivity index (χ0v) is 17.4. The molecule has 1 atom stereocenters. The molecule has 2 aromatic rings. The van der Waals surface area contributed by atoms with Crippen LogP contribution in [0.1, 0.15) is 47.8 Å². The van der Waals surface area contributed by atoms with E-state index in [2.05, 4.69) is 0 Å². The smallest absolute Gasteiger partial charge is 0.340 e. The Hall–Kier alpha value is -2.22. The van der Waals surface area contributed by atoms with Crippen molar-refractivity contribution in [2.24, 2.45) is 5.73 Å². The van der Waals surface area contributed by atoms with Gasteiger partial charge in [-0.05, 0) is 63.3 Å². The molecule has 7 heteroatoms. The molecule has 0 spiro atoms. The van der Waals surface area contributed by atoms with Gasteiger partial charge in [0.15, 0.2) is 0 Å². The summed E-state index contributed by atoms with van der Waals surface area (Å²) >= 11 is 0. The summed E-state index contributed by atoms with van der Waals surface area (Å²) in [7, 11) is -4.61. The summed E-state index contributed by atoms with van der Waals surface area (Å²) < 4.78 is 38.8. The SMILES string of the molecule is Cc1ccc(S(=O)(=O)O)c(C(=O)OC(C)(C)C)c1C[C@@H](N)Cc1ccccc1. The average Bonchev–Trinajstić information content (AvgIpc) is 2.54. The molecule has 0 amide bonds. The van der Waals surface area contributed by atoms with Gasteiger partial charge in [0.2, 0.25) is 0 Å². The highest BCUT2D eigenvalue weighted by molar-refractivity contribution is 7.86. The fourth-order valence-electron chi connectivity index (χ4n) is 3.01. The van der Waals surface area contributed by atoms with E-state index in [9.17, 15) is 17.8 Å². The summed E-state index contributed by atoms with van der Waals surface area (Å²) in [6.07, 6.45) is 0.822. The summed E-state index contributed by atoms with van der Waals surface area (Å²) in [6.45, 7) is 6.84. The quantitative estimate of drug-likeness (QED) is 0.564. The van der Waals surface area contributed by atoms with Gasteiger partial charge in [-0.2, -0.15) is 8.42 Å². The van der Waals surface area contributed by atoms with E-state index in [4.69, 9.17) is 10.5 Å². The van der Waals surface area contributed by atoms with Crippen molar-refractivity contribution in [1.29, 1.82) is 0 Å². The lowest BCUT2D eigenvalue weighted by molar-refractivity contribution is 0.00633. The van der Waals surface area contributed by atoms with Gasteiger partial charge in [-0.15, -0.1) is 0 Å². The highest BCUT2D eigenvalue weighted by Gasteiger charge is 2.29. The Balaban J connectivity index is 2.48. The molecule has 28 heavy (non-hydrogen) atoms. The second-order valence-corrected chi connectivity index (χ2v) is 9.25. The molecule has 0 fully saturated rings. The van der Waals surface area contributed by atoms with Crippen LogP contribution in [0.25, 0.3) is 0 Å². The van der Waals surface area contributed by atoms with Crippen LogP contribution < -0.4 is 5.73 Å². The maximum Gasteiger partial charge on any atom is 0.340 e. The molecule has 0 heterocycles. The molecule has 0 radical (unpaired) electrons. The van der Waals surface area contributed by atoms with Gasteiger partial charge >= 0.3 is 5.97 Å². The van der Waals surface area contributed by atoms with Crippen LogP contribution in [0.15, 0.2) is 47.4 Å². The molecule has 0 bridgehead atoms. The predicted octanol–water partition coefficient (Wildman–Crippen LogP) is 3.31. The van der Waals surface area contributed by atoms with Gasteiger partial charge < -0.3 is 10.5 Å². The van der Waals surface area contributed by atoms with E-state index >= 15 is 0 Å². The molecular formula is C21H27NO5S. The molecule has 6 nitrogen and oxygen atoms in total. The van der Waals surface area contributed by atoms with E-state index in [0.717, 1.165) is 5.56 Å². The summed E-state index contributed by atoms with van der Waals surface area (Å²) in [5, 5.41) is 0. The lowest BCUT2D eigenvalue weighted by atomic mass is 9.93. The second-order valence-electron chi connectivity index (χ2n) is 7.87. The average molecular weight is 406 g/mol. The van der Waals surface area contributed by atoms with Gasteiger partial charge in [0.25, 0.3) is 10.1 Å². The maximum absolute atomic E-state index is 12.8. The number of nitrogens with two attached hydrogens (primary N) is 1. The Labute approximate surface area is 166 Å². The Morgan fingerprint density at radius 3 is 2.25 bits per heavy atom. The minimum absolute atomic E-state index is 0.152. The number of benzene rings is 2. The monoisotopic (exact) mass is 405 g/mol. The fraction of sp³-hybridized carbons (Fsp3) is 0.381. The minimum atomic E-state index is -4.61. The molecule has 0 saturated heterocycles. The summed E-state index contributed by atoms with van der Waals surface area (Å²) in [5.74, 6) is -0.800. The van der Waals surface area contributed by atoms with Crippen LogP contribution in [-0.4, -0.2) is 30.6 Å². The number of carbonyl (C=O) groups excluding carboxylic acids is 1. The number of esters is 1. The van der Waals surface area contributed by atoms with E-state index in [0.29, 0.717) is 17.5 Å². The number of aryl methyl sites for hydroxylation is 1. The summed E-state index contributed by atoms with van der Waals surface area (Å²) in [5.41, 5.74) is 7.54. The first-order valence-corrected chi connectivity index (χ1v) is 10.5. The molecule has 0 aliphatic rings. The molecule has 2 aromatic carbocycles. The van der Waals surface area contributed by atoms with Crippen LogP contribution in [0.2, 0.25) is 0 Å². The number of rotatable bonds is 6. The molecular weight excluding hydrogens is 378 g/mol. The van der Waals surface area contributed by atoms with Gasteiger partial charge in [0, 0.05) is 6.04 Å². The molecule has 0 unspecified atom stereocenters. The van der Waals surface area contributed by atoms with Crippen molar-refractivity contribution in [1.82, 2.24) is 0 Å². The predicted molar refractivity (Wildman–Crippen MR) is 108 cm³/mol. The highest BCUT2D eigenvalue weighted by Crippen LogP contribution is 2.27. The molecule has 0 aromatic heterocycles. The lowest BCUT2D eigenvalue weighted by Gasteiger charge is -2.23. The van der Waals surface area contributed by atoms with E-state index in [1.165, 1.54) is 6.07 Å². The minimum Gasteiger partial charge on any atom is -0.456 e. The fourth-order valence-corrected chi connectivity index (χ4v) is 3.72. The summed E-state index contributed by atoms with van der Waals surface area (Å²) in [6, 6.07) is 12.1. The zero-order chi connectivity index (χ0) is 21.1. The van der Waals surface area contributed by atoms with Crippen molar-refractivity contribution < 1.29 is 22.5 Å². The number of ether oxygens (including phenoxy) is 1. The molecule has 3 N–H and O–H groups in total. The molecule has 0 saturated carbocycles. The first-order valence-electron chi connectivity index (χ1n) is 9.01. The zero-order valence-electron chi connectivity index (χ0n) is 16.6. The molecule has 0 aliphatic carbocycles. The van der Waals surface area contributed by atoms with Crippen molar-refractivity contribution in [3.05, 3.63) is 64.7 Å². The third kappa shape index (κ3) is 5.89. The Morgan fingerprint density at radius 2 is 1.71 bits per heavy atom. The van der Waals surface area contributed by atoms with Crippen molar-refractivity contribution in [3.63, 3.8) is 0 Å². The topological polar surface area (TPSA) is 107 Å². The largest absolute Gasteiger partial charge is 0.456 e. The summed E-state index contributed by atoms with van der Waals surface area (Å²) in [4.78, 5) is 12.3. The van der Waals surface area contributed by atoms with Gasteiger partial charge in [0.1, 0.15) is 10.5 Å². The third-order valence-corrected chi connectivity index (χ3v) is 5.09. The Bertz CT molecular complexity index is 947. The third-order valence-electron chi connectivity index (χ3n) is 4.20. The van der Waals surface area contributed by atoms with Gasteiger partial charge in [0.05, 0.1) is 5.56 Å². The number of carbonyl (C=O) groups is 1. The van der Waals surface area contributed by atoms with E-state index < -0.39 is 26.6 Å². The second kappa shape index (κ2) is 8.43. The highest BCUT2D eigenvalue weighted by atomic mass is 32.2. The molecule has 2 rings (SSSR count). The van der Waals surface area contributed by atoms with Crippen molar-refractivity contribution >= 4 is 16.1 Å². The van der Waals surface area contributed by atoms with E-state index in [1.54, 1.807) is 33.8 Å². The molecule has 152 valence electrons. The van der Waals surface area contributed by atoms with Crippen LogP contribution in [-0.2, 0) is 27.7 Å². The Morgan fingerprint density at radius 1 is 1.11 bits per heavy atom. The first-order chi connectivity index (χ1) is 12.9. The van der Waals surface area contributed by atoms with Crippen LogP contribution >= 0.6 is 0 Å². The van der Waals surface area contributed by atoms with Crippen molar-refractivity contribution in [3.8, 4) is 0 Å².